The first kappa shape index (κ1) is 14.1. The molecule has 0 aliphatic heterocycles. The maximum atomic E-state index is 6.39. The number of aromatic nitrogens is 1. The van der Waals surface area contributed by atoms with Gasteiger partial charge in [-0.2, -0.15) is 0 Å². The molecule has 0 bridgehead atoms. The van der Waals surface area contributed by atoms with Crippen LogP contribution in [0.15, 0.2) is 65.8 Å². The number of benzene rings is 2. The van der Waals surface area contributed by atoms with Crippen LogP contribution >= 0.6 is 11.8 Å². The Bertz CT molecular complexity index is 732. The van der Waals surface area contributed by atoms with Gasteiger partial charge in [0.2, 0.25) is 0 Å². The van der Waals surface area contributed by atoms with E-state index >= 15 is 0 Å². The van der Waals surface area contributed by atoms with E-state index in [1.165, 1.54) is 21.4 Å². The van der Waals surface area contributed by atoms with Gasteiger partial charge >= 0.3 is 0 Å². The van der Waals surface area contributed by atoms with Crippen molar-refractivity contribution in [3.8, 4) is 0 Å². The Morgan fingerprint density at radius 1 is 1.10 bits per heavy atom. The number of nitrogens with two attached hydrogens (primary N) is 1. The zero-order chi connectivity index (χ0) is 14.7. The minimum Gasteiger partial charge on any atom is -0.323 e. The zero-order valence-electron chi connectivity index (χ0n) is 12.0. The molecular weight excluding hydrogens is 276 g/mol. The maximum Gasteiger partial charge on any atom is 0.0397 e. The van der Waals surface area contributed by atoms with Crippen molar-refractivity contribution in [1.82, 2.24) is 4.98 Å². The summed E-state index contributed by atoms with van der Waals surface area (Å²) in [6.45, 7) is 2.10. The summed E-state index contributed by atoms with van der Waals surface area (Å²) in [7, 11) is 0. The number of aryl methyl sites for hydroxylation is 1. The first-order valence-electron chi connectivity index (χ1n) is 7.02. The van der Waals surface area contributed by atoms with E-state index in [0.29, 0.717) is 0 Å². The molecule has 2 aromatic carbocycles. The van der Waals surface area contributed by atoms with E-state index in [9.17, 15) is 0 Å². The molecule has 0 aliphatic rings. The molecule has 1 unspecified atom stereocenters. The van der Waals surface area contributed by atoms with Crippen LogP contribution in [-0.4, -0.2) is 10.7 Å². The van der Waals surface area contributed by atoms with Crippen molar-refractivity contribution < 1.29 is 0 Å². The van der Waals surface area contributed by atoms with E-state index in [1.54, 1.807) is 11.8 Å². The van der Waals surface area contributed by atoms with Crippen LogP contribution in [-0.2, 0) is 0 Å². The maximum absolute atomic E-state index is 6.39. The van der Waals surface area contributed by atoms with Gasteiger partial charge in [-0.25, -0.2) is 0 Å². The van der Waals surface area contributed by atoms with Crippen LogP contribution in [0.4, 0.5) is 0 Å². The lowest BCUT2D eigenvalue weighted by atomic mass is 10.0. The van der Waals surface area contributed by atoms with Crippen molar-refractivity contribution >= 4 is 22.5 Å². The number of thioether (sulfide) groups is 1. The predicted molar refractivity (Wildman–Crippen MR) is 90.6 cm³/mol. The second-order valence-electron chi connectivity index (χ2n) is 5.17. The van der Waals surface area contributed by atoms with Crippen molar-refractivity contribution in [2.24, 2.45) is 5.73 Å². The fourth-order valence-electron chi connectivity index (χ4n) is 2.37. The molecule has 2 N–H and O–H groups in total. The van der Waals surface area contributed by atoms with Gasteiger partial charge in [0.05, 0.1) is 0 Å². The quantitative estimate of drug-likeness (QED) is 0.728. The molecule has 1 atom stereocenters. The molecule has 3 rings (SSSR count). The van der Waals surface area contributed by atoms with Gasteiger partial charge in [0.1, 0.15) is 0 Å². The highest BCUT2D eigenvalue weighted by molar-refractivity contribution is 7.99. The van der Waals surface area contributed by atoms with Gasteiger partial charge in [-0.15, -0.1) is 11.8 Å². The predicted octanol–water partition coefficient (Wildman–Crippen LogP) is 4.34. The Morgan fingerprint density at radius 3 is 2.71 bits per heavy atom. The Kier molecular flexibility index (Phi) is 4.23. The second kappa shape index (κ2) is 6.29. The van der Waals surface area contributed by atoms with Crippen molar-refractivity contribution in [1.29, 1.82) is 0 Å². The molecule has 0 aliphatic carbocycles. The van der Waals surface area contributed by atoms with E-state index in [2.05, 4.69) is 54.4 Å². The third-order valence-electron chi connectivity index (χ3n) is 3.57. The molecule has 1 heterocycles. The summed E-state index contributed by atoms with van der Waals surface area (Å²) in [5, 5.41) is 2.34. The molecule has 0 fully saturated rings. The lowest BCUT2D eigenvalue weighted by Gasteiger charge is -2.14. The SMILES string of the molecule is Cc1ccc(SCC(N)c2cccc3ccncc23)cc1. The third kappa shape index (κ3) is 3.26. The van der Waals surface area contributed by atoms with E-state index in [4.69, 9.17) is 5.73 Å². The summed E-state index contributed by atoms with van der Waals surface area (Å²) in [4.78, 5) is 5.48. The minimum absolute atomic E-state index is 0.00389. The second-order valence-corrected chi connectivity index (χ2v) is 6.27. The largest absolute Gasteiger partial charge is 0.323 e. The smallest absolute Gasteiger partial charge is 0.0397 e. The number of fused-ring (bicyclic) bond motifs is 1. The Labute approximate surface area is 129 Å². The monoisotopic (exact) mass is 294 g/mol. The summed E-state index contributed by atoms with van der Waals surface area (Å²) in [6, 6.07) is 16.9. The highest BCUT2D eigenvalue weighted by Crippen LogP contribution is 2.27. The molecule has 0 saturated heterocycles. The summed E-state index contributed by atoms with van der Waals surface area (Å²) < 4.78 is 0. The van der Waals surface area contributed by atoms with Gasteiger partial charge in [0, 0.05) is 34.5 Å². The highest BCUT2D eigenvalue weighted by atomic mass is 32.2. The standard InChI is InChI=1S/C18H18N2S/c1-13-5-7-15(8-6-13)21-12-18(19)16-4-2-3-14-9-10-20-11-17(14)16/h2-11,18H,12,19H2,1H3. The molecule has 1 aromatic heterocycles. The lowest BCUT2D eigenvalue weighted by molar-refractivity contribution is 0.839. The number of pyridine rings is 1. The third-order valence-corrected chi connectivity index (χ3v) is 4.70. The molecule has 0 radical (unpaired) electrons. The average molecular weight is 294 g/mol. The summed E-state index contributed by atoms with van der Waals surface area (Å²) >= 11 is 1.80. The van der Waals surface area contributed by atoms with Crippen LogP contribution in [0.25, 0.3) is 10.8 Å². The Balaban J connectivity index is 1.78. The van der Waals surface area contributed by atoms with Gasteiger partial charge < -0.3 is 5.73 Å². The zero-order valence-corrected chi connectivity index (χ0v) is 12.8. The molecule has 106 valence electrons. The van der Waals surface area contributed by atoms with Crippen LogP contribution in [0.5, 0.6) is 0 Å². The van der Waals surface area contributed by atoms with E-state index in [-0.39, 0.29) is 6.04 Å². The van der Waals surface area contributed by atoms with Gasteiger partial charge in [0.15, 0.2) is 0 Å². The molecular formula is C18H18N2S. The van der Waals surface area contributed by atoms with Crippen molar-refractivity contribution in [3.05, 3.63) is 72.1 Å². The van der Waals surface area contributed by atoms with E-state index in [0.717, 1.165) is 11.1 Å². The molecule has 3 heteroatoms. The fourth-order valence-corrected chi connectivity index (χ4v) is 3.25. The topological polar surface area (TPSA) is 38.9 Å². The molecule has 21 heavy (non-hydrogen) atoms. The fraction of sp³-hybridized carbons (Fsp3) is 0.167. The van der Waals surface area contributed by atoms with Crippen LogP contribution in [0.1, 0.15) is 17.2 Å². The van der Waals surface area contributed by atoms with E-state index in [1.807, 2.05) is 18.5 Å². The number of hydrogen-bond donors (Lipinski definition) is 1. The average Bonchev–Trinajstić information content (AvgIpc) is 2.53. The van der Waals surface area contributed by atoms with Crippen molar-refractivity contribution in [3.63, 3.8) is 0 Å². The van der Waals surface area contributed by atoms with Gasteiger partial charge in [0.25, 0.3) is 0 Å². The molecule has 0 spiro atoms. The minimum atomic E-state index is 0.00389. The Hall–Kier alpha value is -1.84. The van der Waals surface area contributed by atoms with Gasteiger partial charge in [-0.1, -0.05) is 35.9 Å². The summed E-state index contributed by atoms with van der Waals surface area (Å²) in [6.07, 6.45) is 3.72. The van der Waals surface area contributed by atoms with Gasteiger partial charge in [-0.3, -0.25) is 4.98 Å². The molecule has 2 nitrogen and oxygen atoms in total. The number of hydrogen-bond acceptors (Lipinski definition) is 3. The first-order chi connectivity index (χ1) is 10.2. The number of rotatable bonds is 4. The van der Waals surface area contributed by atoms with Crippen molar-refractivity contribution in [2.45, 2.75) is 17.9 Å². The van der Waals surface area contributed by atoms with Crippen LogP contribution < -0.4 is 5.73 Å². The lowest BCUT2D eigenvalue weighted by Crippen LogP contribution is -2.13. The van der Waals surface area contributed by atoms with Crippen LogP contribution in [0.3, 0.4) is 0 Å². The molecule has 3 aromatic rings. The number of nitrogens with zero attached hydrogens (tertiary/aromatic N) is 1. The van der Waals surface area contributed by atoms with E-state index < -0.39 is 0 Å². The van der Waals surface area contributed by atoms with Crippen molar-refractivity contribution in [2.75, 3.05) is 5.75 Å². The normalized spacial score (nSPS) is 12.5. The molecule has 0 amide bonds. The molecule has 0 saturated carbocycles. The first-order valence-corrected chi connectivity index (χ1v) is 8.00. The Morgan fingerprint density at radius 2 is 1.90 bits per heavy atom. The van der Waals surface area contributed by atoms with Crippen LogP contribution in [0.2, 0.25) is 0 Å². The van der Waals surface area contributed by atoms with Crippen LogP contribution in [0, 0.1) is 6.92 Å². The van der Waals surface area contributed by atoms with Gasteiger partial charge in [-0.05, 0) is 36.1 Å². The summed E-state index contributed by atoms with van der Waals surface area (Å²) in [5.74, 6) is 0.858. The summed E-state index contributed by atoms with van der Waals surface area (Å²) in [5.41, 5.74) is 8.84. The highest BCUT2D eigenvalue weighted by Gasteiger charge is 2.10.